The quantitative estimate of drug-likeness (QED) is 0.575. The highest BCUT2D eigenvalue weighted by Crippen LogP contribution is 2.24. The number of fused-ring (bicyclic) bond motifs is 2. The molecule has 0 saturated carbocycles. The zero-order valence-electron chi connectivity index (χ0n) is 15.2. The van der Waals surface area contributed by atoms with Gasteiger partial charge in [-0.2, -0.15) is 9.61 Å². The van der Waals surface area contributed by atoms with Crippen LogP contribution in [0.4, 0.5) is 5.69 Å². The highest BCUT2D eigenvalue weighted by molar-refractivity contribution is 6.29. The number of piperidine rings is 1. The zero-order chi connectivity index (χ0) is 19.1. The first-order valence-electron chi connectivity index (χ1n) is 9.34. The van der Waals surface area contributed by atoms with Crippen LogP contribution in [0.15, 0.2) is 42.6 Å². The van der Waals surface area contributed by atoms with Crippen molar-refractivity contribution in [2.24, 2.45) is 0 Å². The van der Waals surface area contributed by atoms with E-state index in [1.807, 2.05) is 12.3 Å². The molecule has 0 spiro atoms. The molecule has 0 unspecified atom stereocenters. The lowest BCUT2D eigenvalue weighted by molar-refractivity contribution is 0.145. The Labute approximate surface area is 166 Å². The molecule has 0 amide bonds. The van der Waals surface area contributed by atoms with E-state index < -0.39 is 0 Å². The van der Waals surface area contributed by atoms with Gasteiger partial charge in [-0.1, -0.05) is 17.7 Å². The predicted molar refractivity (Wildman–Crippen MR) is 108 cm³/mol. The molecule has 0 aliphatic carbocycles. The number of halogens is 1. The van der Waals surface area contributed by atoms with Crippen LogP contribution in [0.2, 0.25) is 5.15 Å². The molecule has 0 atom stereocenters. The SMILES string of the molecule is OC1CCN(c2cnc3ccc(Cc4nnc5ccc(Cl)nn45)cc3c2)CC1. The first-order valence-corrected chi connectivity index (χ1v) is 9.72. The summed E-state index contributed by atoms with van der Waals surface area (Å²) in [5, 5.41) is 23.9. The Balaban J connectivity index is 1.45. The summed E-state index contributed by atoms with van der Waals surface area (Å²) in [5.41, 5.74) is 3.84. The minimum Gasteiger partial charge on any atom is -0.393 e. The van der Waals surface area contributed by atoms with Gasteiger partial charge in [0.25, 0.3) is 0 Å². The van der Waals surface area contributed by atoms with Gasteiger partial charge in [-0.3, -0.25) is 4.98 Å². The number of hydrogen-bond acceptors (Lipinski definition) is 6. The summed E-state index contributed by atoms with van der Waals surface area (Å²) in [6, 6.07) is 11.9. The molecule has 5 rings (SSSR count). The van der Waals surface area contributed by atoms with Crippen molar-refractivity contribution in [3.05, 3.63) is 59.1 Å². The van der Waals surface area contributed by atoms with Gasteiger partial charge >= 0.3 is 0 Å². The number of anilines is 1. The van der Waals surface area contributed by atoms with Crippen molar-refractivity contribution in [2.75, 3.05) is 18.0 Å². The molecule has 1 aliphatic heterocycles. The number of hydrogen-bond donors (Lipinski definition) is 1. The smallest absolute Gasteiger partial charge is 0.178 e. The second-order valence-electron chi connectivity index (χ2n) is 7.16. The topological polar surface area (TPSA) is 79.4 Å². The first kappa shape index (κ1) is 17.3. The van der Waals surface area contributed by atoms with Gasteiger partial charge < -0.3 is 10.0 Å². The number of nitrogens with zero attached hydrogens (tertiary/aromatic N) is 6. The number of aromatic nitrogens is 5. The first-order chi connectivity index (χ1) is 13.7. The molecule has 1 fully saturated rings. The molecule has 4 heterocycles. The van der Waals surface area contributed by atoms with E-state index in [0.29, 0.717) is 17.2 Å². The van der Waals surface area contributed by atoms with Gasteiger partial charge in [-0.05, 0) is 48.7 Å². The Morgan fingerprint density at radius 1 is 1.07 bits per heavy atom. The molecule has 1 saturated heterocycles. The number of pyridine rings is 1. The molecular weight excluding hydrogens is 376 g/mol. The Morgan fingerprint density at radius 3 is 2.79 bits per heavy atom. The van der Waals surface area contributed by atoms with E-state index in [1.165, 1.54) is 0 Å². The van der Waals surface area contributed by atoms with Crippen LogP contribution in [-0.4, -0.2) is 49.1 Å². The third-order valence-electron chi connectivity index (χ3n) is 5.22. The van der Waals surface area contributed by atoms with Crippen LogP contribution in [0, 0.1) is 0 Å². The molecule has 1 aliphatic rings. The van der Waals surface area contributed by atoms with Crippen molar-refractivity contribution < 1.29 is 5.11 Å². The largest absolute Gasteiger partial charge is 0.393 e. The zero-order valence-corrected chi connectivity index (χ0v) is 15.9. The second-order valence-corrected chi connectivity index (χ2v) is 7.55. The fourth-order valence-corrected chi connectivity index (χ4v) is 3.82. The highest BCUT2D eigenvalue weighted by Gasteiger charge is 2.18. The third kappa shape index (κ3) is 3.27. The lowest BCUT2D eigenvalue weighted by atomic mass is 10.1. The molecule has 8 heteroatoms. The van der Waals surface area contributed by atoms with Crippen molar-refractivity contribution in [1.29, 1.82) is 0 Å². The minimum absolute atomic E-state index is 0.184. The van der Waals surface area contributed by atoms with Crippen LogP contribution in [0.25, 0.3) is 16.6 Å². The monoisotopic (exact) mass is 394 g/mol. The van der Waals surface area contributed by atoms with Gasteiger partial charge in [0.2, 0.25) is 0 Å². The van der Waals surface area contributed by atoms with E-state index in [1.54, 1.807) is 16.6 Å². The lowest BCUT2D eigenvalue weighted by Gasteiger charge is -2.31. The van der Waals surface area contributed by atoms with Crippen molar-refractivity contribution in [1.82, 2.24) is 24.8 Å². The van der Waals surface area contributed by atoms with Gasteiger partial charge in [0, 0.05) is 24.9 Å². The van der Waals surface area contributed by atoms with Crippen molar-refractivity contribution >= 4 is 33.8 Å². The van der Waals surface area contributed by atoms with Crippen molar-refractivity contribution in [3.8, 4) is 0 Å². The van der Waals surface area contributed by atoms with Gasteiger partial charge in [0.15, 0.2) is 11.5 Å². The lowest BCUT2D eigenvalue weighted by Crippen LogP contribution is -2.35. The van der Waals surface area contributed by atoms with Crippen LogP contribution in [0.3, 0.4) is 0 Å². The Bertz CT molecular complexity index is 1150. The summed E-state index contributed by atoms with van der Waals surface area (Å²) in [5.74, 6) is 0.742. The summed E-state index contributed by atoms with van der Waals surface area (Å²) in [6.07, 6.45) is 3.93. The molecule has 0 radical (unpaired) electrons. The normalized spacial score (nSPS) is 15.6. The summed E-state index contributed by atoms with van der Waals surface area (Å²) in [7, 11) is 0. The fraction of sp³-hybridized carbons (Fsp3) is 0.300. The molecule has 7 nitrogen and oxygen atoms in total. The summed E-state index contributed by atoms with van der Waals surface area (Å²) < 4.78 is 1.68. The van der Waals surface area contributed by atoms with Crippen molar-refractivity contribution in [3.63, 3.8) is 0 Å². The van der Waals surface area contributed by atoms with Crippen molar-refractivity contribution in [2.45, 2.75) is 25.4 Å². The Kier molecular flexibility index (Phi) is 4.33. The molecule has 1 aromatic carbocycles. The Morgan fingerprint density at radius 2 is 1.93 bits per heavy atom. The second kappa shape index (κ2) is 7.00. The molecule has 4 aromatic rings. The number of benzene rings is 1. The summed E-state index contributed by atoms with van der Waals surface area (Å²) in [6.45, 7) is 1.71. The van der Waals surface area contributed by atoms with Gasteiger partial charge in [-0.25, -0.2) is 0 Å². The maximum Gasteiger partial charge on any atom is 0.178 e. The maximum atomic E-state index is 9.73. The summed E-state index contributed by atoms with van der Waals surface area (Å²) >= 11 is 6.01. The van der Waals surface area contributed by atoms with E-state index in [0.717, 1.165) is 53.9 Å². The van der Waals surface area contributed by atoms with Crippen LogP contribution in [0.1, 0.15) is 24.2 Å². The van der Waals surface area contributed by atoms with Crippen LogP contribution in [-0.2, 0) is 6.42 Å². The van der Waals surface area contributed by atoms with E-state index >= 15 is 0 Å². The highest BCUT2D eigenvalue weighted by atomic mass is 35.5. The van der Waals surface area contributed by atoms with Crippen LogP contribution in [0.5, 0.6) is 0 Å². The molecule has 28 heavy (non-hydrogen) atoms. The molecule has 0 bridgehead atoms. The number of aliphatic hydroxyl groups excluding tert-OH is 1. The molecular formula is C20H19ClN6O. The summed E-state index contributed by atoms with van der Waals surface area (Å²) in [4.78, 5) is 6.89. The standard InChI is InChI=1S/C20H19ClN6O/c21-18-3-4-19-23-24-20(27(19)25-18)10-13-1-2-17-14(9-13)11-15(12-22-17)26-7-5-16(28)6-8-26/h1-4,9,11-12,16,28H,5-8,10H2. The molecule has 1 N–H and O–H groups in total. The van der Waals surface area contributed by atoms with Gasteiger partial charge in [0.05, 0.1) is 23.5 Å². The number of aliphatic hydroxyl groups is 1. The van der Waals surface area contributed by atoms with Crippen LogP contribution >= 0.6 is 11.6 Å². The van der Waals surface area contributed by atoms with E-state index in [4.69, 9.17) is 11.6 Å². The predicted octanol–water partition coefficient (Wildman–Crippen LogP) is 2.88. The van der Waals surface area contributed by atoms with Gasteiger partial charge in [-0.15, -0.1) is 10.2 Å². The fourth-order valence-electron chi connectivity index (χ4n) is 3.68. The minimum atomic E-state index is -0.184. The van der Waals surface area contributed by atoms with Gasteiger partial charge in [0.1, 0.15) is 5.15 Å². The number of rotatable bonds is 3. The van der Waals surface area contributed by atoms with Crippen LogP contribution < -0.4 is 4.90 Å². The molecule has 3 aromatic heterocycles. The average Bonchev–Trinajstić information content (AvgIpc) is 3.10. The van der Waals surface area contributed by atoms with E-state index in [9.17, 15) is 5.11 Å². The van der Waals surface area contributed by atoms with E-state index in [-0.39, 0.29) is 6.10 Å². The van der Waals surface area contributed by atoms with E-state index in [2.05, 4.69) is 43.4 Å². The maximum absolute atomic E-state index is 9.73. The third-order valence-corrected chi connectivity index (χ3v) is 5.42. The molecule has 142 valence electrons. The Hall–Kier alpha value is -2.77. The average molecular weight is 395 g/mol.